The molecule has 1 aromatic heterocycles. The molecule has 3 rings (SSSR count). The average Bonchev–Trinajstić information content (AvgIpc) is 2.96. The molecule has 0 atom stereocenters. The largest absolute Gasteiger partial charge is 0.334 e. The van der Waals surface area contributed by atoms with Crippen molar-refractivity contribution in [1.82, 2.24) is 4.90 Å². The molecule has 2 saturated carbocycles. The van der Waals surface area contributed by atoms with Gasteiger partial charge >= 0.3 is 0 Å². The molecule has 0 saturated heterocycles. The summed E-state index contributed by atoms with van der Waals surface area (Å²) >= 11 is 1.66. The van der Waals surface area contributed by atoms with Crippen molar-refractivity contribution in [2.75, 3.05) is 0 Å². The van der Waals surface area contributed by atoms with Gasteiger partial charge in [-0.05, 0) is 48.1 Å². The van der Waals surface area contributed by atoms with Crippen LogP contribution in [0.4, 0.5) is 0 Å². The Morgan fingerprint density at radius 1 is 1.47 bits per heavy atom. The van der Waals surface area contributed by atoms with Crippen molar-refractivity contribution in [3.05, 3.63) is 22.4 Å². The second-order valence-electron chi connectivity index (χ2n) is 5.70. The first kappa shape index (κ1) is 12.7. The van der Waals surface area contributed by atoms with Crippen LogP contribution in [0.1, 0.15) is 44.1 Å². The highest BCUT2D eigenvalue weighted by molar-refractivity contribution is 7.07. The number of hydrogen-bond donors (Lipinski definition) is 0. The first-order valence-corrected chi connectivity index (χ1v) is 7.93. The molecule has 4 heteroatoms. The Morgan fingerprint density at radius 3 is 2.74 bits per heavy atom. The smallest absolute Gasteiger partial charge is 0.243 e. The van der Waals surface area contributed by atoms with E-state index in [1.165, 1.54) is 5.56 Å². The van der Waals surface area contributed by atoms with E-state index >= 15 is 0 Å². The number of hydrogen-bond acceptors (Lipinski definition) is 3. The molecule has 0 aromatic carbocycles. The first-order chi connectivity index (χ1) is 9.25. The van der Waals surface area contributed by atoms with E-state index in [4.69, 9.17) is 0 Å². The quantitative estimate of drug-likeness (QED) is 0.845. The summed E-state index contributed by atoms with van der Waals surface area (Å²) in [6.45, 7) is 0.677. The minimum atomic E-state index is -0.724. The van der Waals surface area contributed by atoms with Gasteiger partial charge in [0.1, 0.15) is 5.41 Å². The van der Waals surface area contributed by atoms with Crippen molar-refractivity contribution in [2.45, 2.75) is 51.1 Å². The fourth-order valence-electron chi connectivity index (χ4n) is 2.96. The van der Waals surface area contributed by atoms with Crippen molar-refractivity contribution < 1.29 is 4.79 Å². The van der Waals surface area contributed by atoms with Crippen LogP contribution in [0.2, 0.25) is 0 Å². The molecule has 2 fully saturated rings. The highest BCUT2D eigenvalue weighted by Gasteiger charge is 2.47. The van der Waals surface area contributed by atoms with E-state index in [0.717, 1.165) is 38.5 Å². The lowest BCUT2D eigenvalue weighted by Gasteiger charge is -2.29. The summed E-state index contributed by atoms with van der Waals surface area (Å²) in [5.74, 6) is 0.0844. The predicted molar refractivity (Wildman–Crippen MR) is 74.4 cm³/mol. The van der Waals surface area contributed by atoms with Gasteiger partial charge in [0.05, 0.1) is 6.07 Å². The van der Waals surface area contributed by atoms with Crippen LogP contribution in [-0.2, 0) is 11.3 Å². The van der Waals surface area contributed by atoms with Gasteiger partial charge in [-0.15, -0.1) is 0 Å². The average molecular weight is 274 g/mol. The summed E-state index contributed by atoms with van der Waals surface area (Å²) in [6, 6.07) is 4.78. The number of carbonyl (C=O) groups excluding carboxylic acids is 1. The van der Waals surface area contributed by atoms with E-state index < -0.39 is 5.41 Å². The Hall–Kier alpha value is -1.34. The van der Waals surface area contributed by atoms with E-state index in [9.17, 15) is 10.1 Å². The Labute approximate surface area is 117 Å². The number of nitrogens with zero attached hydrogens (tertiary/aromatic N) is 2. The maximum Gasteiger partial charge on any atom is 0.243 e. The number of thiophene rings is 1. The SMILES string of the molecule is N#CC1(C(=O)N(Cc2ccsc2)C2CC2)CCCC1. The summed E-state index contributed by atoms with van der Waals surface area (Å²) in [7, 11) is 0. The number of amides is 1. The van der Waals surface area contributed by atoms with Gasteiger partial charge in [0.25, 0.3) is 0 Å². The zero-order valence-corrected chi connectivity index (χ0v) is 11.8. The standard InChI is InChI=1S/C15H18N2OS/c16-11-15(6-1-2-7-15)14(18)17(13-3-4-13)9-12-5-8-19-10-12/h5,8,10,13H,1-4,6-7,9H2. The molecule has 3 nitrogen and oxygen atoms in total. The molecule has 0 radical (unpaired) electrons. The van der Waals surface area contributed by atoms with Crippen molar-refractivity contribution in [2.24, 2.45) is 5.41 Å². The summed E-state index contributed by atoms with van der Waals surface area (Å²) in [4.78, 5) is 14.8. The van der Waals surface area contributed by atoms with Gasteiger partial charge in [-0.25, -0.2) is 0 Å². The molecule has 19 heavy (non-hydrogen) atoms. The topological polar surface area (TPSA) is 44.1 Å². The molecule has 1 heterocycles. The minimum Gasteiger partial charge on any atom is -0.334 e. The van der Waals surface area contributed by atoms with Gasteiger partial charge in [-0.1, -0.05) is 12.8 Å². The van der Waals surface area contributed by atoms with Crippen molar-refractivity contribution >= 4 is 17.2 Å². The molecule has 1 amide bonds. The van der Waals surface area contributed by atoms with Crippen LogP contribution in [0, 0.1) is 16.7 Å². The Balaban J connectivity index is 1.80. The van der Waals surface area contributed by atoms with Gasteiger partial charge in [0.15, 0.2) is 0 Å². The summed E-state index contributed by atoms with van der Waals surface area (Å²) in [6.07, 6.45) is 5.70. The Morgan fingerprint density at radius 2 is 2.21 bits per heavy atom. The van der Waals surface area contributed by atoms with Crippen molar-refractivity contribution in [3.8, 4) is 6.07 Å². The highest BCUT2D eigenvalue weighted by Crippen LogP contribution is 2.42. The lowest BCUT2D eigenvalue weighted by atomic mass is 9.86. The molecule has 0 spiro atoms. The van der Waals surface area contributed by atoms with Crippen LogP contribution in [0.15, 0.2) is 16.8 Å². The number of carbonyl (C=O) groups is 1. The van der Waals surface area contributed by atoms with E-state index in [1.807, 2.05) is 10.3 Å². The van der Waals surface area contributed by atoms with Gasteiger partial charge in [-0.3, -0.25) is 4.79 Å². The fraction of sp³-hybridized carbons (Fsp3) is 0.600. The van der Waals surface area contributed by atoms with Gasteiger partial charge in [0, 0.05) is 12.6 Å². The molecule has 0 unspecified atom stereocenters. The second-order valence-corrected chi connectivity index (χ2v) is 6.48. The van der Waals surface area contributed by atoms with Crippen LogP contribution in [0.5, 0.6) is 0 Å². The van der Waals surface area contributed by atoms with E-state index in [1.54, 1.807) is 11.3 Å². The fourth-order valence-corrected chi connectivity index (χ4v) is 3.62. The zero-order valence-electron chi connectivity index (χ0n) is 11.0. The first-order valence-electron chi connectivity index (χ1n) is 6.99. The van der Waals surface area contributed by atoms with Gasteiger partial charge in [0.2, 0.25) is 5.91 Å². The van der Waals surface area contributed by atoms with Crippen LogP contribution < -0.4 is 0 Å². The molecule has 100 valence electrons. The number of rotatable bonds is 4. The monoisotopic (exact) mass is 274 g/mol. The summed E-state index contributed by atoms with van der Waals surface area (Å²) in [5.41, 5.74) is 0.467. The molecule has 1 aromatic rings. The lowest BCUT2D eigenvalue weighted by molar-refractivity contribution is -0.140. The molecule has 0 bridgehead atoms. The third-order valence-electron chi connectivity index (χ3n) is 4.26. The van der Waals surface area contributed by atoms with E-state index in [0.29, 0.717) is 12.6 Å². The number of nitriles is 1. The Bertz CT molecular complexity index is 493. The second kappa shape index (κ2) is 4.97. The van der Waals surface area contributed by atoms with Crippen molar-refractivity contribution in [1.29, 1.82) is 5.26 Å². The summed E-state index contributed by atoms with van der Waals surface area (Å²) in [5, 5.41) is 13.6. The lowest BCUT2D eigenvalue weighted by Crippen LogP contribution is -2.42. The molecule has 2 aliphatic rings. The van der Waals surface area contributed by atoms with E-state index in [2.05, 4.69) is 17.5 Å². The maximum absolute atomic E-state index is 12.8. The molecular formula is C15H18N2OS. The van der Waals surface area contributed by atoms with Crippen LogP contribution in [0.3, 0.4) is 0 Å². The van der Waals surface area contributed by atoms with Gasteiger partial charge < -0.3 is 4.90 Å². The Kier molecular flexibility index (Phi) is 3.32. The highest BCUT2D eigenvalue weighted by atomic mass is 32.1. The molecule has 0 N–H and O–H groups in total. The third-order valence-corrected chi connectivity index (χ3v) is 4.99. The summed E-state index contributed by atoms with van der Waals surface area (Å²) < 4.78 is 0. The normalized spacial score (nSPS) is 21.0. The van der Waals surface area contributed by atoms with E-state index in [-0.39, 0.29) is 5.91 Å². The van der Waals surface area contributed by atoms with Crippen LogP contribution >= 0.6 is 11.3 Å². The predicted octanol–water partition coefficient (Wildman–Crippen LogP) is 3.32. The third kappa shape index (κ3) is 2.40. The minimum absolute atomic E-state index is 0.0844. The zero-order chi connectivity index (χ0) is 13.3. The molecule has 2 aliphatic carbocycles. The van der Waals surface area contributed by atoms with Crippen LogP contribution in [0.25, 0.3) is 0 Å². The molecule has 0 aliphatic heterocycles. The maximum atomic E-state index is 12.8. The van der Waals surface area contributed by atoms with Crippen molar-refractivity contribution in [3.63, 3.8) is 0 Å². The molecular weight excluding hydrogens is 256 g/mol. The van der Waals surface area contributed by atoms with Gasteiger partial charge in [-0.2, -0.15) is 16.6 Å². The van der Waals surface area contributed by atoms with Crippen LogP contribution in [-0.4, -0.2) is 16.8 Å².